The summed E-state index contributed by atoms with van der Waals surface area (Å²) in [5.74, 6) is 1.51. The zero-order chi connectivity index (χ0) is 18.6. The van der Waals surface area contributed by atoms with Crippen LogP contribution in [0.2, 0.25) is 0 Å². The minimum Gasteiger partial charge on any atom is -0.494 e. The number of benzene rings is 3. The maximum Gasteiger partial charge on any atom is 0.154 e. The summed E-state index contributed by atoms with van der Waals surface area (Å²) in [6, 6.07) is 24.0. The molecule has 0 aliphatic carbocycles. The summed E-state index contributed by atoms with van der Waals surface area (Å²) in [6.45, 7) is 2.59. The first-order valence-corrected chi connectivity index (χ1v) is 9.55. The summed E-state index contributed by atoms with van der Waals surface area (Å²) in [6.07, 6.45) is 0. The van der Waals surface area contributed by atoms with E-state index >= 15 is 0 Å². The Morgan fingerprint density at radius 1 is 0.926 bits per heavy atom. The number of aliphatic imine (C=N–C) groups is 1. The Labute approximate surface area is 166 Å². The van der Waals surface area contributed by atoms with Crippen molar-refractivity contribution in [2.45, 2.75) is 6.92 Å². The average Bonchev–Trinajstić information content (AvgIpc) is 2.89. The van der Waals surface area contributed by atoms with Crippen LogP contribution in [-0.2, 0) is 0 Å². The van der Waals surface area contributed by atoms with Gasteiger partial charge in [-0.05, 0) is 37.3 Å². The Morgan fingerprint density at radius 2 is 1.70 bits per heavy atom. The quantitative estimate of drug-likeness (QED) is 0.624. The molecule has 3 aromatic carbocycles. The Kier molecular flexibility index (Phi) is 5.03. The highest BCUT2D eigenvalue weighted by atomic mass is 79.9. The Hall–Kier alpha value is -2.92. The second-order valence-electron chi connectivity index (χ2n) is 6.02. The van der Waals surface area contributed by atoms with Crippen molar-refractivity contribution >= 4 is 33.2 Å². The van der Waals surface area contributed by atoms with Gasteiger partial charge in [0.05, 0.1) is 12.3 Å². The lowest BCUT2D eigenvalue weighted by Gasteiger charge is -2.10. The molecule has 5 heteroatoms. The minimum absolute atomic E-state index is 0.613. The highest BCUT2D eigenvalue weighted by molar-refractivity contribution is 9.10. The first kappa shape index (κ1) is 17.5. The standard InChI is InChI=1S/C22H18BrN3O/c1-2-27-18-12-13-20-19(14-18)21(15-6-4-3-5-7-15)25-26-22(24-20)16-8-10-17(23)11-9-16/h3-14H,2H2,1H3,(H,24,26). The number of ether oxygens (including phenoxy) is 1. The second-order valence-corrected chi connectivity index (χ2v) is 6.93. The number of halogens is 1. The van der Waals surface area contributed by atoms with Crippen molar-refractivity contribution < 1.29 is 4.74 Å². The smallest absolute Gasteiger partial charge is 0.154 e. The molecule has 0 atom stereocenters. The van der Waals surface area contributed by atoms with Crippen molar-refractivity contribution in [1.82, 2.24) is 5.43 Å². The van der Waals surface area contributed by atoms with E-state index in [0.717, 1.165) is 38.3 Å². The summed E-state index contributed by atoms with van der Waals surface area (Å²) >= 11 is 3.47. The molecule has 4 rings (SSSR count). The van der Waals surface area contributed by atoms with Gasteiger partial charge in [0.15, 0.2) is 5.84 Å². The molecule has 1 aliphatic heterocycles. The van der Waals surface area contributed by atoms with Crippen LogP contribution in [-0.4, -0.2) is 18.2 Å². The molecule has 27 heavy (non-hydrogen) atoms. The van der Waals surface area contributed by atoms with Crippen LogP contribution in [0.25, 0.3) is 0 Å². The van der Waals surface area contributed by atoms with Gasteiger partial charge in [-0.2, -0.15) is 5.10 Å². The highest BCUT2D eigenvalue weighted by Gasteiger charge is 2.18. The first-order valence-electron chi connectivity index (χ1n) is 8.75. The van der Waals surface area contributed by atoms with Gasteiger partial charge in [0.25, 0.3) is 0 Å². The van der Waals surface area contributed by atoms with Crippen LogP contribution in [0.15, 0.2) is 87.4 Å². The van der Waals surface area contributed by atoms with Crippen molar-refractivity contribution in [3.8, 4) is 5.75 Å². The number of hydrogen-bond acceptors (Lipinski definition) is 4. The summed E-state index contributed by atoms with van der Waals surface area (Å²) in [5.41, 5.74) is 7.76. The molecule has 0 aromatic heterocycles. The van der Waals surface area contributed by atoms with E-state index in [4.69, 9.17) is 9.73 Å². The largest absolute Gasteiger partial charge is 0.494 e. The van der Waals surface area contributed by atoms with Gasteiger partial charge in [-0.25, -0.2) is 4.99 Å². The van der Waals surface area contributed by atoms with Crippen LogP contribution in [0.4, 0.5) is 5.69 Å². The average molecular weight is 420 g/mol. The molecule has 134 valence electrons. The Bertz CT molecular complexity index is 1010. The molecule has 3 aromatic rings. The number of hydrogen-bond donors (Lipinski definition) is 1. The molecule has 0 saturated carbocycles. The van der Waals surface area contributed by atoms with E-state index in [0.29, 0.717) is 12.4 Å². The lowest BCUT2D eigenvalue weighted by molar-refractivity contribution is 0.340. The summed E-state index contributed by atoms with van der Waals surface area (Å²) in [7, 11) is 0. The topological polar surface area (TPSA) is 46.0 Å². The molecular formula is C22H18BrN3O. The number of hydrazone groups is 1. The lowest BCUT2D eigenvalue weighted by atomic mass is 10.0. The number of nitrogens with one attached hydrogen (secondary N) is 1. The fraction of sp³-hybridized carbons (Fsp3) is 0.0909. The SMILES string of the molecule is CCOc1ccc2c(c1)C(c1ccccc1)=NNC(c1ccc(Br)cc1)=N2. The molecule has 1 aliphatic rings. The zero-order valence-corrected chi connectivity index (χ0v) is 16.4. The van der Waals surface area contributed by atoms with E-state index in [9.17, 15) is 0 Å². The van der Waals surface area contributed by atoms with Crippen LogP contribution in [0.5, 0.6) is 5.75 Å². The van der Waals surface area contributed by atoms with Gasteiger partial charge >= 0.3 is 0 Å². The molecule has 4 nitrogen and oxygen atoms in total. The maximum absolute atomic E-state index is 5.69. The molecule has 0 spiro atoms. The molecular weight excluding hydrogens is 402 g/mol. The van der Waals surface area contributed by atoms with E-state index in [-0.39, 0.29) is 0 Å². The van der Waals surface area contributed by atoms with Gasteiger partial charge in [-0.3, -0.25) is 5.43 Å². The second kappa shape index (κ2) is 7.76. The molecule has 0 radical (unpaired) electrons. The van der Waals surface area contributed by atoms with E-state index < -0.39 is 0 Å². The van der Waals surface area contributed by atoms with Gasteiger partial charge in [0.1, 0.15) is 11.5 Å². The monoisotopic (exact) mass is 419 g/mol. The van der Waals surface area contributed by atoms with Gasteiger partial charge in [-0.15, -0.1) is 0 Å². The van der Waals surface area contributed by atoms with Crippen LogP contribution in [0.1, 0.15) is 23.6 Å². The van der Waals surface area contributed by atoms with E-state index in [1.807, 2.05) is 79.7 Å². The van der Waals surface area contributed by atoms with Gasteiger partial charge < -0.3 is 4.74 Å². The van der Waals surface area contributed by atoms with E-state index in [1.165, 1.54) is 0 Å². The fourth-order valence-electron chi connectivity index (χ4n) is 2.93. The van der Waals surface area contributed by atoms with Crippen LogP contribution in [0.3, 0.4) is 0 Å². The zero-order valence-electron chi connectivity index (χ0n) is 14.8. The molecule has 0 amide bonds. The minimum atomic E-state index is 0.613. The molecule has 0 fully saturated rings. The van der Waals surface area contributed by atoms with Crippen molar-refractivity contribution in [1.29, 1.82) is 0 Å². The predicted octanol–water partition coefficient (Wildman–Crippen LogP) is 5.28. The van der Waals surface area contributed by atoms with Crippen molar-refractivity contribution in [2.24, 2.45) is 10.1 Å². The Balaban J connectivity index is 1.85. The normalized spacial score (nSPS) is 13.0. The maximum atomic E-state index is 5.69. The molecule has 1 heterocycles. The number of nitrogens with zero attached hydrogens (tertiary/aromatic N) is 2. The molecule has 0 saturated heterocycles. The fourth-order valence-corrected chi connectivity index (χ4v) is 3.19. The van der Waals surface area contributed by atoms with Crippen molar-refractivity contribution in [3.63, 3.8) is 0 Å². The third-order valence-corrected chi connectivity index (χ3v) is 4.73. The van der Waals surface area contributed by atoms with Gasteiger partial charge in [0.2, 0.25) is 0 Å². The Morgan fingerprint density at radius 3 is 2.44 bits per heavy atom. The van der Waals surface area contributed by atoms with Gasteiger partial charge in [-0.1, -0.05) is 58.4 Å². The van der Waals surface area contributed by atoms with Crippen LogP contribution in [0, 0.1) is 0 Å². The number of rotatable bonds is 4. The molecule has 1 N–H and O–H groups in total. The van der Waals surface area contributed by atoms with Crippen molar-refractivity contribution in [3.05, 3.63) is 94.0 Å². The summed E-state index contributed by atoms with van der Waals surface area (Å²) in [4.78, 5) is 4.84. The predicted molar refractivity (Wildman–Crippen MR) is 113 cm³/mol. The lowest BCUT2D eigenvalue weighted by Crippen LogP contribution is -2.19. The molecule has 0 bridgehead atoms. The van der Waals surface area contributed by atoms with Gasteiger partial charge in [0, 0.05) is 21.2 Å². The number of fused-ring (bicyclic) bond motifs is 1. The summed E-state index contributed by atoms with van der Waals surface area (Å²) < 4.78 is 6.72. The van der Waals surface area contributed by atoms with Crippen molar-refractivity contribution in [2.75, 3.05) is 6.61 Å². The van der Waals surface area contributed by atoms with Crippen LogP contribution >= 0.6 is 15.9 Å². The molecule has 0 unspecified atom stereocenters. The third kappa shape index (κ3) is 3.78. The third-order valence-electron chi connectivity index (χ3n) is 4.20. The van der Waals surface area contributed by atoms with E-state index in [1.54, 1.807) is 0 Å². The van der Waals surface area contributed by atoms with E-state index in [2.05, 4.69) is 26.5 Å². The summed E-state index contributed by atoms with van der Waals surface area (Å²) in [5, 5.41) is 4.68. The number of amidine groups is 1. The van der Waals surface area contributed by atoms with Crippen LogP contribution < -0.4 is 10.2 Å². The first-order chi connectivity index (χ1) is 13.2. The highest BCUT2D eigenvalue weighted by Crippen LogP contribution is 2.29.